The van der Waals surface area contributed by atoms with Crippen molar-refractivity contribution >= 4 is 0 Å². The van der Waals surface area contributed by atoms with Crippen molar-refractivity contribution in [2.24, 2.45) is 0 Å². The third-order valence-electron chi connectivity index (χ3n) is 2.42. The van der Waals surface area contributed by atoms with Crippen LogP contribution in [0.3, 0.4) is 0 Å². The SMILES string of the molecule is COCCOCCNC(C)c1occc1C. The predicted octanol–water partition coefficient (Wildman–Crippen LogP) is 1.90. The number of rotatable bonds is 8. The molecule has 1 heterocycles. The number of furan rings is 1. The zero-order valence-corrected chi connectivity index (χ0v) is 10.3. The number of hydrogen-bond donors (Lipinski definition) is 1. The highest BCUT2D eigenvalue weighted by Gasteiger charge is 2.10. The molecule has 1 N–H and O–H groups in total. The number of nitrogens with one attached hydrogen (secondary N) is 1. The van der Waals surface area contributed by atoms with Gasteiger partial charge in [0, 0.05) is 13.7 Å². The summed E-state index contributed by atoms with van der Waals surface area (Å²) in [4.78, 5) is 0. The molecule has 1 rings (SSSR count). The molecule has 0 saturated heterocycles. The van der Waals surface area contributed by atoms with Crippen LogP contribution < -0.4 is 5.32 Å². The van der Waals surface area contributed by atoms with Crippen molar-refractivity contribution in [3.8, 4) is 0 Å². The van der Waals surface area contributed by atoms with Crippen LogP contribution in [-0.2, 0) is 9.47 Å². The molecule has 1 atom stereocenters. The van der Waals surface area contributed by atoms with Crippen molar-refractivity contribution < 1.29 is 13.9 Å². The first kappa shape index (κ1) is 13.2. The topological polar surface area (TPSA) is 43.6 Å². The molecule has 0 spiro atoms. The van der Waals surface area contributed by atoms with E-state index in [1.807, 2.05) is 13.0 Å². The average molecular weight is 227 g/mol. The second-order valence-electron chi connectivity index (χ2n) is 3.75. The molecule has 1 aromatic rings. The van der Waals surface area contributed by atoms with Gasteiger partial charge in [-0.05, 0) is 25.5 Å². The summed E-state index contributed by atoms with van der Waals surface area (Å²) in [7, 11) is 1.67. The fourth-order valence-corrected chi connectivity index (χ4v) is 1.51. The molecule has 0 bridgehead atoms. The van der Waals surface area contributed by atoms with E-state index >= 15 is 0 Å². The summed E-state index contributed by atoms with van der Waals surface area (Å²) in [6.45, 7) is 6.92. The number of methoxy groups -OCH3 is 1. The molecule has 0 aliphatic carbocycles. The van der Waals surface area contributed by atoms with E-state index in [-0.39, 0.29) is 6.04 Å². The van der Waals surface area contributed by atoms with Crippen molar-refractivity contribution in [3.05, 3.63) is 23.7 Å². The molecule has 4 heteroatoms. The van der Waals surface area contributed by atoms with Gasteiger partial charge in [-0.1, -0.05) is 0 Å². The van der Waals surface area contributed by atoms with Crippen LogP contribution in [0.25, 0.3) is 0 Å². The number of hydrogen-bond acceptors (Lipinski definition) is 4. The molecule has 0 aliphatic heterocycles. The minimum atomic E-state index is 0.223. The Kier molecular flexibility index (Phi) is 6.15. The van der Waals surface area contributed by atoms with Crippen molar-refractivity contribution in [2.45, 2.75) is 19.9 Å². The normalized spacial score (nSPS) is 12.9. The lowest BCUT2D eigenvalue weighted by molar-refractivity contribution is 0.0710. The van der Waals surface area contributed by atoms with Gasteiger partial charge in [-0.25, -0.2) is 0 Å². The molecule has 0 fully saturated rings. The van der Waals surface area contributed by atoms with E-state index in [1.165, 1.54) is 5.56 Å². The molecule has 0 saturated carbocycles. The zero-order valence-electron chi connectivity index (χ0n) is 10.3. The summed E-state index contributed by atoms with van der Waals surface area (Å²) in [6.07, 6.45) is 1.72. The minimum absolute atomic E-state index is 0.223. The van der Waals surface area contributed by atoms with Gasteiger partial charge in [-0.3, -0.25) is 0 Å². The van der Waals surface area contributed by atoms with Crippen LogP contribution in [0.4, 0.5) is 0 Å². The highest BCUT2D eigenvalue weighted by atomic mass is 16.5. The Morgan fingerprint density at radius 1 is 1.38 bits per heavy atom. The third kappa shape index (κ3) is 4.35. The first-order valence-electron chi connectivity index (χ1n) is 5.59. The summed E-state index contributed by atoms with van der Waals surface area (Å²) in [5.74, 6) is 0.997. The van der Waals surface area contributed by atoms with E-state index in [0.29, 0.717) is 19.8 Å². The predicted molar refractivity (Wildman–Crippen MR) is 62.6 cm³/mol. The third-order valence-corrected chi connectivity index (χ3v) is 2.42. The monoisotopic (exact) mass is 227 g/mol. The Labute approximate surface area is 96.9 Å². The van der Waals surface area contributed by atoms with E-state index in [1.54, 1.807) is 13.4 Å². The smallest absolute Gasteiger partial charge is 0.123 e. The Bertz CT molecular complexity index is 286. The Morgan fingerprint density at radius 3 is 2.81 bits per heavy atom. The van der Waals surface area contributed by atoms with E-state index in [2.05, 4.69) is 12.2 Å². The lowest BCUT2D eigenvalue weighted by Gasteiger charge is -2.12. The first-order valence-corrected chi connectivity index (χ1v) is 5.59. The summed E-state index contributed by atoms with van der Waals surface area (Å²) in [5, 5.41) is 3.34. The van der Waals surface area contributed by atoms with E-state index in [4.69, 9.17) is 13.9 Å². The fourth-order valence-electron chi connectivity index (χ4n) is 1.51. The molecule has 1 aromatic heterocycles. The lowest BCUT2D eigenvalue weighted by atomic mass is 10.2. The molecule has 1 unspecified atom stereocenters. The molecule has 4 nitrogen and oxygen atoms in total. The standard InChI is InChI=1S/C12H21NO3/c1-10-4-6-16-12(10)11(2)13-5-7-15-9-8-14-3/h4,6,11,13H,5,7-9H2,1-3H3. The van der Waals surface area contributed by atoms with Gasteiger partial charge in [0.15, 0.2) is 0 Å². The van der Waals surface area contributed by atoms with E-state index in [0.717, 1.165) is 12.3 Å². The van der Waals surface area contributed by atoms with Crippen LogP contribution in [0.2, 0.25) is 0 Å². The maximum absolute atomic E-state index is 5.40. The average Bonchev–Trinajstić information content (AvgIpc) is 2.69. The maximum atomic E-state index is 5.40. The number of aryl methyl sites for hydroxylation is 1. The van der Waals surface area contributed by atoms with Crippen LogP contribution in [0.5, 0.6) is 0 Å². The van der Waals surface area contributed by atoms with Gasteiger partial charge in [0.1, 0.15) is 5.76 Å². The number of ether oxygens (including phenoxy) is 2. The van der Waals surface area contributed by atoms with Crippen molar-refractivity contribution in [2.75, 3.05) is 33.5 Å². The van der Waals surface area contributed by atoms with Crippen molar-refractivity contribution in [3.63, 3.8) is 0 Å². The molecule has 16 heavy (non-hydrogen) atoms. The largest absolute Gasteiger partial charge is 0.467 e. The summed E-state index contributed by atoms with van der Waals surface area (Å²) in [5.41, 5.74) is 1.18. The second-order valence-corrected chi connectivity index (χ2v) is 3.75. The lowest BCUT2D eigenvalue weighted by Crippen LogP contribution is -2.24. The highest BCUT2D eigenvalue weighted by molar-refractivity contribution is 5.17. The van der Waals surface area contributed by atoms with Gasteiger partial charge in [-0.2, -0.15) is 0 Å². The van der Waals surface area contributed by atoms with Crippen LogP contribution in [0.15, 0.2) is 16.7 Å². The second kappa shape index (κ2) is 7.44. The molecule has 92 valence electrons. The highest BCUT2D eigenvalue weighted by Crippen LogP contribution is 2.17. The molecular formula is C12H21NO3. The quantitative estimate of drug-likeness (QED) is 0.689. The van der Waals surface area contributed by atoms with Gasteiger partial charge in [0.2, 0.25) is 0 Å². The van der Waals surface area contributed by atoms with Gasteiger partial charge < -0.3 is 19.2 Å². The van der Waals surface area contributed by atoms with Crippen LogP contribution in [-0.4, -0.2) is 33.5 Å². The first-order chi connectivity index (χ1) is 7.75. The zero-order chi connectivity index (χ0) is 11.8. The molecule has 0 aliphatic rings. The maximum Gasteiger partial charge on any atom is 0.123 e. The Hall–Kier alpha value is -0.840. The molecule has 0 aromatic carbocycles. The molecule has 0 radical (unpaired) electrons. The van der Waals surface area contributed by atoms with Gasteiger partial charge >= 0.3 is 0 Å². The van der Waals surface area contributed by atoms with Crippen molar-refractivity contribution in [1.29, 1.82) is 0 Å². The Balaban J connectivity index is 2.11. The van der Waals surface area contributed by atoms with Gasteiger partial charge in [0.05, 0.1) is 32.1 Å². The van der Waals surface area contributed by atoms with Crippen LogP contribution >= 0.6 is 0 Å². The Morgan fingerprint density at radius 2 is 2.19 bits per heavy atom. The van der Waals surface area contributed by atoms with Crippen LogP contribution in [0.1, 0.15) is 24.3 Å². The summed E-state index contributed by atoms with van der Waals surface area (Å²) >= 11 is 0. The molecule has 0 amide bonds. The summed E-state index contributed by atoms with van der Waals surface area (Å²) < 4.78 is 15.6. The molecular weight excluding hydrogens is 206 g/mol. The van der Waals surface area contributed by atoms with E-state index in [9.17, 15) is 0 Å². The van der Waals surface area contributed by atoms with Gasteiger partial charge in [0.25, 0.3) is 0 Å². The van der Waals surface area contributed by atoms with Gasteiger partial charge in [-0.15, -0.1) is 0 Å². The fraction of sp³-hybridized carbons (Fsp3) is 0.667. The summed E-state index contributed by atoms with van der Waals surface area (Å²) in [6, 6.07) is 2.20. The van der Waals surface area contributed by atoms with Crippen molar-refractivity contribution in [1.82, 2.24) is 5.32 Å². The minimum Gasteiger partial charge on any atom is -0.467 e. The van der Waals surface area contributed by atoms with E-state index < -0.39 is 0 Å². The van der Waals surface area contributed by atoms with Crippen LogP contribution in [0, 0.1) is 6.92 Å².